The second kappa shape index (κ2) is 8.22. The molecule has 1 heterocycles. The van der Waals surface area contributed by atoms with Crippen LogP contribution in [0.1, 0.15) is 31.2 Å². The molecule has 3 rings (SSSR count). The van der Waals surface area contributed by atoms with E-state index in [4.69, 9.17) is 0 Å². The van der Waals surface area contributed by atoms with Gasteiger partial charge in [0.1, 0.15) is 0 Å². The first-order valence-electron chi connectivity index (χ1n) is 7.90. The summed E-state index contributed by atoms with van der Waals surface area (Å²) in [4.78, 5) is 24.8. The molecule has 0 bridgehead atoms. The number of benzene rings is 2. The van der Waals surface area contributed by atoms with Crippen molar-refractivity contribution >= 4 is 29.1 Å². The summed E-state index contributed by atoms with van der Waals surface area (Å²) in [5, 5.41) is 4.77. The minimum absolute atomic E-state index is 0.0142. The van der Waals surface area contributed by atoms with Crippen LogP contribution >= 0.6 is 11.3 Å². The van der Waals surface area contributed by atoms with Gasteiger partial charge in [-0.25, -0.2) is 0 Å². The van der Waals surface area contributed by atoms with Crippen molar-refractivity contribution in [3.8, 4) is 0 Å². The van der Waals surface area contributed by atoms with Gasteiger partial charge in [-0.1, -0.05) is 54.6 Å². The molecule has 0 aliphatic heterocycles. The Morgan fingerprint density at radius 1 is 0.920 bits per heavy atom. The second-order valence-electron chi connectivity index (χ2n) is 5.47. The molecule has 0 saturated heterocycles. The molecule has 1 aromatic heterocycles. The van der Waals surface area contributed by atoms with Gasteiger partial charge in [-0.2, -0.15) is 0 Å². The molecule has 3 nitrogen and oxygen atoms in total. The molecule has 0 aliphatic carbocycles. The number of nitrogens with one attached hydrogen (secondary N) is 1. The van der Waals surface area contributed by atoms with Crippen LogP contribution in [0, 0.1) is 0 Å². The van der Waals surface area contributed by atoms with Gasteiger partial charge in [0, 0.05) is 12.1 Å². The Balaban J connectivity index is 1.58. The number of hydrogen-bond donors (Lipinski definition) is 1. The standard InChI is InChI=1S/C21H17NO2S/c23-19(20-7-4-14-25-20)13-10-16-8-11-18(12-9-16)21(24)22-15-17-5-2-1-3-6-17/h1-14H,15H2,(H,22,24). The largest absolute Gasteiger partial charge is 0.348 e. The second-order valence-corrected chi connectivity index (χ2v) is 6.41. The minimum Gasteiger partial charge on any atom is -0.348 e. The lowest BCUT2D eigenvalue weighted by atomic mass is 10.1. The van der Waals surface area contributed by atoms with E-state index in [0.29, 0.717) is 17.0 Å². The average molecular weight is 347 g/mol. The van der Waals surface area contributed by atoms with E-state index < -0.39 is 0 Å². The highest BCUT2D eigenvalue weighted by molar-refractivity contribution is 7.12. The van der Waals surface area contributed by atoms with Crippen molar-refractivity contribution in [3.63, 3.8) is 0 Å². The van der Waals surface area contributed by atoms with Crippen LogP contribution in [0.5, 0.6) is 0 Å². The Morgan fingerprint density at radius 2 is 1.68 bits per heavy atom. The zero-order valence-corrected chi connectivity index (χ0v) is 14.3. The van der Waals surface area contributed by atoms with Gasteiger partial charge in [0.25, 0.3) is 5.91 Å². The van der Waals surface area contributed by atoms with Crippen LogP contribution in [-0.4, -0.2) is 11.7 Å². The van der Waals surface area contributed by atoms with E-state index in [0.717, 1.165) is 11.1 Å². The molecule has 25 heavy (non-hydrogen) atoms. The van der Waals surface area contributed by atoms with Crippen molar-refractivity contribution < 1.29 is 9.59 Å². The van der Waals surface area contributed by atoms with Crippen LogP contribution in [0.25, 0.3) is 6.08 Å². The number of rotatable bonds is 6. The fourth-order valence-corrected chi connectivity index (χ4v) is 2.94. The van der Waals surface area contributed by atoms with Gasteiger partial charge in [0.05, 0.1) is 4.88 Å². The van der Waals surface area contributed by atoms with Crippen LogP contribution in [0.2, 0.25) is 0 Å². The topological polar surface area (TPSA) is 46.2 Å². The molecule has 0 aliphatic rings. The van der Waals surface area contributed by atoms with E-state index in [1.807, 2.05) is 53.9 Å². The fraction of sp³-hybridized carbons (Fsp3) is 0.0476. The van der Waals surface area contributed by atoms with Crippen LogP contribution in [-0.2, 0) is 6.54 Å². The number of amides is 1. The molecule has 0 unspecified atom stereocenters. The smallest absolute Gasteiger partial charge is 0.251 e. The normalized spacial score (nSPS) is 10.7. The zero-order chi connectivity index (χ0) is 17.5. The fourth-order valence-electron chi connectivity index (χ4n) is 2.30. The van der Waals surface area contributed by atoms with Crippen molar-refractivity contribution in [2.24, 2.45) is 0 Å². The van der Waals surface area contributed by atoms with E-state index in [9.17, 15) is 9.59 Å². The van der Waals surface area contributed by atoms with Gasteiger partial charge >= 0.3 is 0 Å². The molecule has 124 valence electrons. The van der Waals surface area contributed by atoms with Gasteiger partial charge < -0.3 is 5.32 Å². The van der Waals surface area contributed by atoms with Crippen molar-refractivity contribution in [3.05, 3.63) is 99.8 Å². The van der Waals surface area contributed by atoms with Crippen molar-refractivity contribution in [2.45, 2.75) is 6.54 Å². The van der Waals surface area contributed by atoms with E-state index in [1.165, 1.54) is 11.3 Å². The molecular weight excluding hydrogens is 330 g/mol. The van der Waals surface area contributed by atoms with Crippen molar-refractivity contribution in [2.75, 3.05) is 0 Å². The molecule has 1 N–H and O–H groups in total. The third-order valence-corrected chi connectivity index (χ3v) is 4.54. The summed E-state index contributed by atoms with van der Waals surface area (Å²) < 4.78 is 0. The maximum Gasteiger partial charge on any atom is 0.251 e. The molecule has 0 radical (unpaired) electrons. The number of allylic oxidation sites excluding steroid dienone is 1. The van der Waals surface area contributed by atoms with Crippen LogP contribution in [0.15, 0.2) is 78.2 Å². The molecule has 0 spiro atoms. The summed E-state index contributed by atoms with van der Waals surface area (Å²) in [5.74, 6) is -0.131. The van der Waals surface area contributed by atoms with Gasteiger partial charge in [-0.15, -0.1) is 11.3 Å². The monoisotopic (exact) mass is 347 g/mol. The van der Waals surface area contributed by atoms with Crippen molar-refractivity contribution in [1.29, 1.82) is 0 Å². The van der Waals surface area contributed by atoms with Gasteiger partial charge in [-0.05, 0) is 40.8 Å². The molecule has 0 fully saturated rings. The number of carbonyl (C=O) groups is 2. The Kier molecular flexibility index (Phi) is 5.54. The third kappa shape index (κ3) is 4.75. The average Bonchev–Trinajstić information content (AvgIpc) is 3.20. The van der Waals surface area contributed by atoms with Crippen LogP contribution < -0.4 is 5.32 Å². The minimum atomic E-state index is -0.117. The number of hydrogen-bond acceptors (Lipinski definition) is 3. The quantitative estimate of drug-likeness (QED) is 0.524. The Labute approximate surface area is 150 Å². The van der Waals surface area contributed by atoms with Crippen molar-refractivity contribution in [1.82, 2.24) is 5.32 Å². The van der Waals surface area contributed by atoms with E-state index in [1.54, 1.807) is 30.4 Å². The van der Waals surface area contributed by atoms with Gasteiger partial charge in [0.15, 0.2) is 5.78 Å². The molecule has 0 saturated carbocycles. The first-order valence-corrected chi connectivity index (χ1v) is 8.78. The first kappa shape index (κ1) is 16.9. The van der Waals surface area contributed by atoms with E-state index >= 15 is 0 Å². The Hall–Kier alpha value is -2.98. The molecule has 0 atom stereocenters. The zero-order valence-electron chi connectivity index (χ0n) is 13.5. The first-order chi connectivity index (χ1) is 12.2. The van der Waals surface area contributed by atoms with Gasteiger partial charge in [-0.3, -0.25) is 9.59 Å². The highest BCUT2D eigenvalue weighted by Gasteiger charge is 2.05. The maximum atomic E-state index is 12.2. The molecule has 2 aromatic carbocycles. The lowest BCUT2D eigenvalue weighted by molar-refractivity contribution is 0.0950. The SMILES string of the molecule is O=C(NCc1ccccc1)c1ccc(C=CC(=O)c2cccs2)cc1. The van der Waals surface area contributed by atoms with E-state index in [-0.39, 0.29) is 11.7 Å². The predicted molar refractivity (Wildman–Crippen MR) is 102 cm³/mol. The number of ketones is 1. The maximum absolute atomic E-state index is 12.2. The molecule has 4 heteroatoms. The number of thiophene rings is 1. The summed E-state index contributed by atoms with van der Waals surface area (Å²) in [6.45, 7) is 0.497. The van der Waals surface area contributed by atoms with Gasteiger partial charge in [0.2, 0.25) is 0 Å². The van der Waals surface area contributed by atoms with Crippen LogP contribution in [0.3, 0.4) is 0 Å². The number of carbonyl (C=O) groups excluding carboxylic acids is 2. The summed E-state index contributed by atoms with van der Waals surface area (Å²) >= 11 is 1.42. The highest BCUT2D eigenvalue weighted by atomic mass is 32.1. The molecular formula is C21H17NO2S. The summed E-state index contributed by atoms with van der Waals surface area (Å²) in [5.41, 5.74) is 2.53. The molecule has 1 amide bonds. The molecule has 3 aromatic rings. The summed E-state index contributed by atoms with van der Waals surface area (Å²) in [6, 6.07) is 20.6. The predicted octanol–water partition coefficient (Wildman–Crippen LogP) is 4.57. The lowest BCUT2D eigenvalue weighted by Crippen LogP contribution is -2.22. The Bertz CT molecular complexity index is 866. The Morgan fingerprint density at radius 3 is 2.36 bits per heavy atom. The van der Waals surface area contributed by atoms with Crippen LogP contribution in [0.4, 0.5) is 0 Å². The van der Waals surface area contributed by atoms with E-state index in [2.05, 4.69) is 5.32 Å². The lowest BCUT2D eigenvalue weighted by Gasteiger charge is -2.05. The third-order valence-electron chi connectivity index (χ3n) is 3.66. The summed E-state index contributed by atoms with van der Waals surface area (Å²) in [6.07, 6.45) is 3.31. The highest BCUT2D eigenvalue weighted by Crippen LogP contribution is 2.12. The summed E-state index contributed by atoms with van der Waals surface area (Å²) in [7, 11) is 0.